The predicted molar refractivity (Wildman–Crippen MR) is 32.1 cm³/mol. The van der Waals surface area contributed by atoms with E-state index in [1.165, 1.54) is 0 Å². The highest BCUT2D eigenvalue weighted by molar-refractivity contribution is 7.37. The molecule has 0 aromatic heterocycles. The minimum atomic E-state index is -1.86. The molecular weight excluding hydrogens is 130 g/mol. The molecule has 1 N–H and O–H groups in total. The van der Waals surface area contributed by atoms with Crippen molar-refractivity contribution in [2.24, 2.45) is 0 Å². The molecule has 0 aliphatic carbocycles. The van der Waals surface area contributed by atoms with Gasteiger partial charge in [-0.05, 0) is 11.0 Å². The van der Waals surface area contributed by atoms with Crippen LogP contribution in [0.1, 0.15) is 19.8 Å². The Bertz CT molecular complexity index is 67.1. The van der Waals surface area contributed by atoms with Crippen LogP contribution in [-0.2, 0) is 4.57 Å². The van der Waals surface area contributed by atoms with E-state index < -0.39 is 8.03 Å². The van der Waals surface area contributed by atoms with E-state index >= 15 is 0 Å². The first-order valence-electron chi connectivity index (χ1n) is 2.41. The van der Waals surface area contributed by atoms with Crippen molar-refractivity contribution in [1.82, 2.24) is 0 Å². The maximum atomic E-state index is 9.91. The van der Waals surface area contributed by atoms with Crippen molar-refractivity contribution in [2.75, 3.05) is 6.16 Å². The van der Waals surface area contributed by atoms with Crippen LogP contribution in [0, 0.1) is 0 Å². The average Bonchev–Trinajstić information content (AvgIpc) is 1.61. The number of rotatable bonds is 3. The number of hydrogen-bond acceptors (Lipinski definition) is 1. The molecule has 1 atom stereocenters. The Kier molecular flexibility index (Phi) is 9.51. The molecule has 0 radical (unpaired) electrons. The van der Waals surface area contributed by atoms with Gasteiger partial charge in [0.2, 0.25) is 0 Å². The monoisotopic (exact) mass is 141 g/mol. The summed E-state index contributed by atoms with van der Waals surface area (Å²) >= 11 is 0. The number of halogens is 1. The lowest BCUT2D eigenvalue weighted by Gasteiger charge is -1.75. The second-order valence-electron chi connectivity index (χ2n) is 1.43. The van der Waals surface area contributed by atoms with Crippen molar-refractivity contribution >= 4 is 8.03 Å². The van der Waals surface area contributed by atoms with Crippen LogP contribution in [0.5, 0.6) is 0 Å². The summed E-state index contributed by atoms with van der Waals surface area (Å²) in [5, 5.41) is 0. The molecule has 0 aliphatic rings. The van der Waals surface area contributed by atoms with E-state index in [0.29, 0.717) is 6.16 Å². The summed E-state index contributed by atoms with van der Waals surface area (Å²) in [7, 11) is -1.86. The standard InChI is InChI=1S/C4H9O2P.FH/c1-2-3-4-7(5)6;/h2-4H2,1H3;1H/p+1. The third-order valence-electron chi connectivity index (χ3n) is 0.703. The summed E-state index contributed by atoms with van der Waals surface area (Å²) in [6.07, 6.45) is 2.33. The van der Waals surface area contributed by atoms with E-state index in [4.69, 9.17) is 4.89 Å². The van der Waals surface area contributed by atoms with Gasteiger partial charge >= 0.3 is 8.03 Å². The largest absolute Gasteiger partial charge is 0.505 e. The van der Waals surface area contributed by atoms with Gasteiger partial charge in [0.1, 0.15) is 0 Å². The molecule has 0 heterocycles. The Morgan fingerprint density at radius 2 is 2.12 bits per heavy atom. The predicted octanol–water partition coefficient (Wildman–Crippen LogP) is 1.67. The maximum Gasteiger partial charge on any atom is 0.505 e. The molecule has 50 valence electrons. The van der Waals surface area contributed by atoms with Crippen LogP contribution in [-0.4, -0.2) is 11.1 Å². The first-order chi connectivity index (χ1) is 3.27. The quantitative estimate of drug-likeness (QED) is 0.607. The zero-order chi connectivity index (χ0) is 5.70. The summed E-state index contributed by atoms with van der Waals surface area (Å²) in [6.45, 7) is 2.00. The van der Waals surface area contributed by atoms with E-state index in [9.17, 15) is 4.57 Å². The summed E-state index contributed by atoms with van der Waals surface area (Å²) in [6, 6.07) is 0. The zero-order valence-electron chi connectivity index (χ0n) is 4.83. The highest BCUT2D eigenvalue weighted by Gasteiger charge is 2.05. The molecule has 4 heteroatoms. The Balaban J connectivity index is 0. The fourth-order valence-electron chi connectivity index (χ4n) is 0.293. The van der Waals surface area contributed by atoms with E-state index in [1.54, 1.807) is 0 Å². The van der Waals surface area contributed by atoms with Crippen LogP contribution in [0.4, 0.5) is 4.70 Å². The Morgan fingerprint density at radius 3 is 2.25 bits per heavy atom. The van der Waals surface area contributed by atoms with E-state index in [1.807, 2.05) is 6.92 Å². The molecule has 2 nitrogen and oxygen atoms in total. The minimum Gasteiger partial charge on any atom is -0.269 e. The summed E-state index contributed by atoms with van der Waals surface area (Å²) in [5.41, 5.74) is 0. The molecular formula is C4H11FO2P+. The van der Waals surface area contributed by atoms with Gasteiger partial charge < -0.3 is 0 Å². The number of unbranched alkanes of at least 4 members (excludes halogenated alkanes) is 1. The Morgan fingerprint density at radius 1 is 1.62 bits per heavy atom. The Hall–Kier alpha value is -0.0100. The van der Waals surface area contributed by atoms with Crippen LogP contribution in [0.3, 0.4) is 0 Å². The van der Waals surface area contributed by atoms with Gasteiger partial charge in [0, 0.05) is 0 Å². The van der Waals surface area contributed by atoms with Crippen LogP contribution in [0.15, 0.2) is 0 Å². The molecule has 0 rings (SSSR count). The van der Waals surface area contributed by atoms with E-state index in [-0.39, 0.29) is 4.70 Å². The van der Waals surface area contributed by atoms with Crippen LogP contribution in [0.2, 0.25) is 0 Å². The molecule has 0 spiro atoms. The molecule has 0 aliphatic heterocycles. The van der Waals surface area contributed by atoms with Crippen LogP contribution in [0.25, 0.3) is 0 Å². The third-order valence-corrected chi connectivity index (χ3v) is 1.40. The summed E-state index contributed by atoms with van der Waals surface area (Å²) in [4.78, 5) is 8.19. The highest BCUT2D eigenvalue weighted by atomic mass is 31.1. The van der Waals surface area contributed by atoms with Crippen LogP contribution < -0.4 is 0 Å². The molecule has 0 bridgehead atoms. The van der Waals surface area contributed by atoms with Gasteiger partial charge in [-0.15, -0.1) is 0 Å². The van der Waals surface area contributed by atoms with Crippen molar-refractivity contribution < 1.29 is 14.2 Å². The van der Waals surface area contributed by atoms with Gasteiger partial charge in [0.25, 0.3) is 0 Å². The lowest BCUT2D eigenvalue weighted by atomic mass is 10.4. The smallest absolute Gasteiger partial charge is 0.269 e. The van der Waals surface area contributed by atoms with Gasteiger partial charge in [0.05, 0.1) is 0 Å². The lowest BCUT2D eigenvalue weighted by Crippen LogP contribution is -1.73. The summed E-state index contributed by atoms with van der Waals surface area (Å²) < 4.78 is 9.91. The molecule has 1 unspecified atom stereocenters. The fraction of sp³-hybridized carbons (Fsp3) is 1.00. The topological polar surface area (TPSA) is 37.3 Å². The van der Waals surface area contributed by atoms with Gasteiger partial charge in [-0.25, -0.2) is 0 Å². The highest BCUT2D eigenvalue weighted by Crippen LogP contribution is 2.13. The fourth-order valence-corrected chi connectivity index (χ4v) is 0.880. The van der Waals surface area contributed by atoms with E-state index in [2.05, 4.69) is 0 Å². The SMILES string of the molecule is CCCC[P+](=O)O.F. The first-order valence-corrected chi connectivity index (χ1v) is 3.80. The van der Waals surface area contributed by atoms with Gasteiger partial charge in [-0.1, -0.05) is 13.3 Å². The maximum absolute atomic E-state index is 9.91. The second kappa shape index (κ2) is 6.99. The van der Waals surface area contributed by atoms with Crippen LogP contribution >= 0.6 is 8.03 Å². The van der Waals surface area contributed by atoms with Crippen molar-refractivity contribution in [3.05, 3.63) is 0 Å². The van der Waals surface area contributed by atoms with Crippen molar-refractivity contribution in [1.29, 1.82) is 0 Å². The molecule has 0 saturated carbocycles. The van der Waals surface area contributed by atoms with Gasteiger partial charge in [-0.3, -0.25) is 4.70 Å². The lowest BCUT2D eigenvalue weighted by molar-refractivity contribution is 0.501. The van der Waals surface area contributed by atoms with Gasteiger partial charge in [0.15, 0.2) is 6.16 Å². The first kappa shape index (κ1) is 10.9. The molecule has 0 amide bonds. The molecule has 0 aromatic rings. The normalized spacial score (nSPS) is 10.0. The second-order valence-corrected chi connectivity index (χ2v) is 2.58. The minimum absolute atomic E-state index is 0. The molecule has 8 heavy (non-hydrogen) atoms. The molecule has 0 saturated heterocycles. The van der Waals surface area contributed by atoms with Crippen molar-refractivity contribution in [2.45, 2.75) is 19.8 Å². The molecule has 0 aromatic carbocycles. The van der Waals surface area contributed by atoms with E-state index in [0.717, 1.165) is 12.8 Å². The summed E-state index contributed by atoms with van der Waals surface area (Å²) in [5.74, 6) is 0. The molecule has 0 fully saturated rings. The average molecular weight is 141 g/mol. The van der Waals surface area contributed by atoms with Crippen molar-refractivity contribution in [3.63, 3.8) is 0 Å². The number of hydrogen-bond donors (Lipinski definition) is 1. The Labute approximate surface area is 49.1 Å². The van der Waals surface area contributed by atoms with Crippen molar-refractivity contribution in [3.8, 4) is 0 Å². The third kappa shape index (κ3) is 9.37. The van der Waals surface area contributed by atoms with Gasteiger partial charge in [-0.2, -0.15) is 4.89 Å². The zero-order valence-corrected chi connectivity index (χ0v) is 5.73.